The third kappa shape index (κ3) is 4.09. The van der Waals surface area contributed by atoms with Gasteiger partial charge in [-0.05, 0) is 49.9 Å². The van der Waals surface area contributed by atoms with Crippen molar-refractivity contribution in [2.75, 3.05) is 18.5 Å². The Morgan fingerprint density at radius 1 is 1.07 bits per heavy atom. The number of amides is 1. The third-order valence-corrected chi connectivity index (χ3v) is 8.46. The Bertz CT molecular complexity index is 978. The number of hydrogen-bond donors (Lipinski definition) is 1. The Balaban J connectivity index is 1.52. The Morgan fingerprint density at radius 2 is 1.83 bits per heavy atom. The molecule has 0 radical (unpaired) electrons. The van der Waals surface area contributed by atoms with E-state index in [0.29, 0.717) is 43.7 Å². The molecule has 1 saturated carbocycles. The van der Waals surface area contributed by atoms with Crippen LogP contribution in [0.1, 0.15) is 38.5 Å². The zero-order valence-corrected chi connectivity index (χ0v) is 17.7. The van der Waals surface area contributed by atoms with Gasteiger partial charge in [0.15, 0.2) is 14.6 Å². The summed E-state index contributed by atoms with van der Waals surface area (Å²) in [4.78, 5) is 13.5. The molecule has 2 aliphatic rings. The minimum atomic E-state index is -3.81. The molecule has 1 heterocycles. The molecule has 6 nitrogen and oxygen atoms in total. The van der Waals surface area contributed by atoms with Crippen molar-refractivity contribution in [2.45, 2.75) is 54.3 Å². The monoisotopic (exact) mass is 429 g/mol. The van der Waals surface area contributed by atoms with Crippen molar-refractivity contribution in [1.82, 2.24) is 0 Å². The molecular weight excluding hydrogens is 402 g/mol. The van der Waals surface area contributed by atoms with Crippen LogP contribution in [-0.4, -0.2) is 38.4 Å². The van der Waals surface area contributed by atoms with Crippen LogP contribution in [0.25, 0.3) is 0 Å². The van der Waals surface area contributed by atoms with Crippen LogP contribution >= 0.6 is 0 Å². The fourth-order valence-corrected chi connectivity index (χ4v) is 6.35. The molecule has 1 atom stereocenters. The summed E-state index contributed by atoms with van der Waals surface area (Å²) in [7, 11) is -3.81. The summed E-state index contributed by atoms with van der Waals surface area (Å²) in [6.07, 6.45) is 4.20. The van der Waals surface area contributed by atoms with Crippen LogP contribution in [0.5, 0.6) is 5.75 Å². The standard InChI is InChI=1S/C23H27NO5S/c25-22(23(13-4-5-14-23)30(26,27)21-11-2-1-3-12-21)24-18-8-6-9-19(16-18)29-17-20-10-7-15-28-20/h1-3,6,8-9,11-12,16,20H,4-5,7,10,13-15,17H2,(H,24,25). The van der Waals surface area contributed by atoms with E-state index in [9.17, 15) is 13.2 Å². The average Bonchev–Trinajstić information content (AvgIpc) is 3.46. The molecule has 30 heavy (non-hydrogen) atoms. The maximum atomic E-state index is 13.4. The molecule has 2 aromatic carbocycles. The number of rotatable bonds is 7. The number of nitrogens with one attached hydrogen (secondary N) is 1. The molecule has 7 heteroatoms. The predicted molar refractivity (Wildman–Crippen MR) is 114 cm³/mol. The van der Waals surface area contributed by atoms with Gasteiger partial charge in [-0.3, -0.25) is 4.79 Å². The second-order valence-electron chi connectivity index (χ2n) is 7.95. The van der Waals surface area contributed by atoms with Crippen molar-refractivity contribution in [3.8, 4) is 5.75 Å². The molecule has 0 spiro atoms. The van der Waals surface area contributed by atoms with Crippen molar-refractivity contribution < 1.29 is 22.7 Å². The quantitative estimate of drug-likeness (QED) is 0.720. The minimum absolute atomic E-state index is 0.0982. The second kappa shape index (κ2) is 8.78. The lowest BCUT2D eigenvalue weighted by Crippen LogP contribution is -2.47. The highest BCUT2D eigenvalue weighted by molar-refractivity contribution is 7.93. The Morgan fingerprint density at radius 3 is 2.53 bits per heavy atom. The number of carbonyl (C=O) groups is 1. The zero-order valence-electron chi connectivity index (χ0n) is 16.9. The van der Waals surface area contributed by atoms with E-state index < -0.39 is 20.5 Å². The van der Waals surface area contributed by atoms with Crippen molar-refractivity contribution in [2.24, 2.45) is 0 Å². The minimum Gasteiger partial charge on any atom is -0.491 e. The molecule has 4 rings (SSSR count). The van der Waals surface area contributed by atoms with Crippen LogP contribution in [0.4, 0.5) is 5.69 Å². The Kier molecular flexibility index (Phi) is 6.11. The van der Waals surface area contributed by atoms with E-state index in [1.807, 2.05) is 6.07 Å². The molecule has 1 aliphatic carbocycles. The number of benzene rings is 2. The summed E-state index contributed by atoms with van der Waals surface area (Å²) in [5, 5.41) is 2.84. The number of hydrogen-bond acceptors (Lipinski definition) is 5. The summed E-state index contributed by atoms with van der Waals surface area (Å²) in [6, 6.07) is 15.3. The largest absolute Gasteiger partial charge is 0.491 e. The van der Waals surface area contributed by atoms with Crippen LogP contribution in [0.3, 0.4) is 0 Å². The SMILES string of the molecule is O=C(Nc1cccc(OCC2CCCO2)c1)C1(S(=O)(=O)c2ccccc2)CCCC1. The van der Waals surface area contributed by atoms with Crippen molar-refractivity contribution >= 4 is 21.4 Å². The maximum absolute atomic E-state index is 13.4. The van der Waals surface area contributed by atoms with Crippen molar-refractivity contribution in [3.63, 3.8) is 0 Å². The second-order valence-corrected chi connectivity index (χ2v) is 10.2. The summed E-state index contributed by atoms with van der Waals surface area (Å²) in [6.45, 7) is 1.23. The van der Waals surface area contributed by atoms with Gasteiger partial charge in [-0.15, -0.1) is 0 Å². The van der Waals surface area contributed by atoms with Crippen LogP contribution < -0.4 is 10.1 Å². The predicted octanol–water partition coefficient (Wildman–Crippen LogP) is 3.97. The van der Waals surface area contributed by atoms with Gasteiger partial charge >= 0.3 is 0 Å². The van der Waals surface area contributed by atoms with Gasteiger partial charge in [0.1, 0.15) is 12.4 Å². The summed E-state index contributed by atoms with van der Waals surface area (Å²) >= 11 is 0. The highest BCUT2D eigenvalue weighted by Crippen LogP contribution is 2.41. The normalized spacial score (nSPS) is 20.7. The molecule has 1 N–H and O–H groups in total. The lowest BCUT2D eigenvalue weighted by molar-refractivity contribution is -0.118. The van der Waals surface area contributed by atoms with Crippen molar-refractivity contribution in [1.29, 1.82) is 0 Å². The third-order valence-electron chi connectivity index (χ3n) is 5.94. The van der Waals surface area contributed by atoms with Gasteiger partial charge in [0.2, 0.25) is 5.91 Å². The molecule has 2 fully saturated rings. The first-order chi connectivity index (χ1) is 14.5. The van der Waals surface area contributed by atoms with Crippen LogP contribution in [0.2, 0.25) is 0 Å². The van der Waals surface area contributed by atoms with Gasteiger partial charge in [-0.1, -0.05) is 37.1 Å². The topological polar surface area (TPSA) is 81.7 Å². The summed E-state index contributed by atoms with van der Waals surface area (Å²) < 4.78 is 36.7. The molecule has 1 amide bonds. The van der Waals surface area contributed by atoms with Gasteiger partial charge in [-0.2, -0.15) is 0 Å². The molecule has 0 bridgehead atoms. The summed E-state index contributed by atoms with van der Waals surface area (Å²) in [5.41, 5.74) is 0.527. The van der Waals surface area contributed by atoms with E-state index in [-0.39, 0.29) is 11.0 Å². The van der Waals surface area contributed by atoms with Crippen molar-refractivity contribution in [3.05, 3.63) is 54.6 Å². The number of sulfone groups is 1. The Labute approximate surface area is 177 Å². The zero-order chi connectivity index (χ0) is 21.0. The van der Waals surface area contributed by atoms with Crippen LogP contribution in [0.15, 0.2) is 59.5 Å². The molecule has 0 aromatic heterocycles. The highest BCUT2D eigenvalue weighted by Gasteiger charge is 2.52. The fraction of sp³-hybridized carbons (Fsp3) is 0.435. The van der Waals surface area contributed by atoms with E-state index in [1.54, 1.807) is 48.5 Å². The van der Waals surface area contributed by atoms with E-state index in [1.165, 1.54) is 0 Å². The first-order valence-electron chi connectivity index (χ1n) is 10.5. The fourth-order valence-electron chi connectivity index (χ4n) is 4.26. The smallest absolute Gasteiger partial charge is 0.246 e. The van der Waals surface area contributed by atoms with Gasteiger partial charge in [0.25, 0.3) is 0 Å². The highest BCUT2D eigenvalue weighted by atomic mass is 32.2. The van der Waals surface area contributed by atoms with E-state index >= 15 is 0 Å². The molecular formula is C23H27NO5S. The van der Waals surface area contributed by atoms with Crippen LogP contribution in [0, 0.1) is 0 Å². The van der Waals surface area contributed by atoms with Gasteiger partial charge in [0.05, 0.1) is 11.0 Å². The van der Waals surface area contributed by atoms with Gasteiger partial charge in [-0.25, -0.2) is 8.42 Å². The first-order valence-corrected chi connectivity index (χ1v) is 12.0. The van der Waals surface area contributed by atoms with Gasteiger partial charge in [0, 0.05) is 18.4 Å². The molecule has 2 aromatic rings. The molecule has 1 aliphatic heterocycles. The lowest BCUT2D eigenvalue weighted by Gasteiger charge is -2.27. The number of carbonyl (C=O) groups excluding carboxylic acids is 1. The lowest BCUT2D eigenvalue weighted by atomic mass is 10.1. The molecule has 1 unspecified atom stereocenters. The maximum Gasteiger partial charge on any atom is 0.246 e. The Hall–Kier alpha value is -2.38. The molecule has 1 saturated heterocycles. The number of anilines is 1. The van der Waals surface area contributed by atoms with Gasteiger partial charge < -0.3 is 14.8 Å². The van der Waals surface area contributed by atoms with Crippen LogP contribution in [-0.2, 0) is 19.4 Å². The van der Waals surface area contributed by atoms with E-state index in [0.717, 1.165) is 19.4 Å². The number of ether oxygens (including phenoxy) is 2. The van der Waals surface area contributed by atoms with E-state index in [4.69, 9.17) is 9.47 Å². The summed E-state index contributed by atoms with van der Waals surface area (Å²) in [5.74, 6) is 0.148. The molecule has 160 valence electrons. The average molecular weight is 430 g/mol. The first kappa shape index (κ1) is 20.9. The van der Waals surface area contributed by atoms with E-state index in [2.05, 4.69) is 5.32 Å².